The van der Waals surface area contributed by atoms with E-state index in [0.717, 1.165) is 17.1 Å². The van der Waals surface area contributed by atoms with Gasteiger partial charge < -0.3 is 10.6 Å². The minimum absolute atomic E-state index is 0.223. The number of nitrogens with zero attached hydrogens (tertiary/aromatic N) is 3. The molecule has 0 atom stereocenters. The standard InChI is InChI=1S/C18H16N6O/c1-24-16-15(11-19-24)17(25)23-18(22-16)21-14-9-5-8-13(10-14)20-12-6-3-2-4-7-12/h2-11,20H,1H3,(H2,21,22,23,25). The highest BCUT2D eigenvalue weighted by Crippen LogP contribution is 2.21. The Morgan fingerprint density at radius 1 is 0.960 bits per heavy atom. The molecule has 0 unspecified atom stereocenters. The molecular formula is C18H16N6O. The molecule has 2 aromatic carbocycles. The number of nitrogens with one attached hydrogen (secondary N) is 3. The number of H-pyrrole nitrogens is 1. The number of aromatic amines is 1. The molecule has 4 aromatic rings. The molecule has 7 nitrogen and oxygen atoms in total. The normalized spacial score (nSPS) is 10.8. The molecule has 7 heteroatoms. The number of hydrogen-bond acceptors (Lipinski definition) is 5. The second-order valence-electron chi connectivity index (χ2n) is 5.62. The van der Waals surface area contributed by atoms with Gasteiger partial charge in [-0.2, -0.15) is 10.1 Å². The molecule has 124 valence electrons. The number of para-hydroxylation sites is 1. The summed E-state index contributed by atoms with van der Waals surface area (Å²) in [5.74, 6) is 0.373. The number of anilines is 4. The first-order valence-corrected chi connectivity index (χ1v) is 7.80. The van der Waals surface area contributed by atoms with Gasteiger partial charge in [0, 0.05) is 24.1 Å². The predicted octanol–water partition coefficient (Wildman–Crippen LogP) is 3.14. The maximum Gasteiger partial charge on any atom is 0.263 e. The summed E-state index contributed by atoms with van der Waals surface area (Å²) >= 11 is 0. The molecule has 2 heterocycles. The Balaban J connectivity index is 1.62. The van der Waals surface area contributed by atoms with E-state index in [1.807, 2.05) is 54.6 Å². The van der Waals surface area contributed by atoms with Crippen molar-refractivity contribution in [3.05, 3.63) is 71.1 Å². The molecule has 2 aromatic heterocycles. The zero-order valence-electron chi connectivity index (χ0n) is 13.5. The van der Waals surface area contributed by atoms with Crippen LogP contribution >= 0.6 is 0 Å². The lowest BCUT2D eigenvalue weighted by Gasteiger charge is -2.10. The lowest BCUT2D eigenvalue weighted by molar-refractivity contribution is 0.786. The summed E-state index contributed by atoms with van der Waals surface area (Å²) in [6.45, 7) is 0. The van der Waals surface area contributed by atoms with E-state index in [4.69, 9.17) is 0 Å². The van der Waals surface area contributed by atoms with Crippen LogP contribution < -0.4 is 16.2 Å². The van der Waals surface area contributed by atoms with Crippen LogP contribution in [0.4, 0.5) is 23.0 Å². The summed E-state index contributed by atoms with van der Waals surface area (Å²) < 4.78 is 1.57. The zero-order valence-corrected chi connectivity index (χ0v) is 13.5. The summed E-state index contributed by atoms with van der Waals surface area (Å²) in [4.78, 5) is 19.3. The molecule has 0 aliphatic rings. The molecule has 0 saturated heterocycles. The van der Waals surface area contributed by atoms with Crippen LogP contribution in [0.5, 0.6) is 0 Å². The highest BCUT2D eigenvalue weighted by Gasteiger charge is 2.08. The van der Waals surface area contributed by atoms with Crippen LogP contribution in [0, 0.1) is 0 Å². The zero-order chi connectivity index (χ0) is 17.2. The quantitative estimate of drug-likeness (QED) is 0.534. The smallest absolute Gasteiger partial charge is 0.263 e. The van der Waals surface area contributed by atoms with Gasteiger partial charge in [-0.1, -0.05) is 24.3 Å². The topological polar surface area (TPSA) is 87.6 Å². The Morgan fingerprint density at radius 3 is 2.48 bits per heavy atom. The van der Waals surface area contributed by atoms with Crippen LogP contribution in [-0.2, 0) is 7.05 Å². The minimum atomic E-state index is -0.223. The van der Waals surface area contributed by atoms with Gasteiger partial charge in [0.05, 0.1) is 6.20 Å². The molecule has 4 rings (SSSR count). The Hall–Kier alpha value is -3.61. The minimum Gasteiger partial charge on any atom is -0.355 e. The molecule has 25 heavy (non-hydrogen) atoms. The van der Waals surface area contributed by atoms with Crippen LogP contribution in [0.1, 0.15) is 0 Å². The highest BCUT2D eigenvalue weighted by molar-refractivity contribution is 5.75. The Labute approximate surface area is 143 Å². The molecule has 0 spiro atoms. The van der Waals surface area contributed by atoms with Gasteiger partial charge in [0.25, 0.3) is 5.56 Å². The van der Waals surface area contributed by atoms with Crippen molar-refractivity contribution in [1.29, 1.82) is 0 Å². The highest BCUT2D eigenvalue weighted by atomic mass is 16.1. The number of aryl methyl sites for hydroxylation is 1. The Kier molecular flexibility index (Phi) is 3.66. The van der Waals surface area contributed by atoms with E-state index in [2.05, 4.69) is 25.7 Å². The van der Waals surface area contributed by atoms with Crippen molar-refractivity contribution in [2.75, 3.05) is 10.6 Å². The average Bonchev–Trinajstić information content (AvgIpc) is 2.98. The van der Waals surface area contributed by atoms with Gasteiger partial charge in [0.1, 0.15) is 5.39 Å². The summed E-state index contributed by atoms with van der Waals surface area (Å²) in [6.07, 6.45) is 1.51. The molecule has 0 amide bonds. The molecule has 0 fully saturated rings. The summed E-state index contributed by atoms with van der Waals surface area (Å²) in [5, 5.41) is 11.0. The fourth-order valence-electron chi connectivity index (χ4n) is 2.59. The summed E-state index contributed by atoms with van der Waals surface area (Å²) in [7, 11) is 1.75. The maximum atomic E-state index is 12.1. The Morgan fingerprint density at radius 2 is 1.68 bits per heavy atom. The first-order chi connectivity index (χ1) is 12.2. The molecule has 0 saturated carbocycles. The number of rotatable bonds is 4. The van der Waals surface area contributed by atoms with Gasteiger partial charge in [-0.15, -0.1) is 0 Å². The number of fused-ring (bicyclic) bond motifs is 1. The lowest BCUT2D eigenvalue weighted by Crippen LogP contribution is -2.11. The largest absolute Gasteiger partial charge is 0.355 e. The lowest BCUT2D eigenvalue weighted by atomic mass is 10.2. The van der Waals surface area contributed by atoms with Crippen molar-refractivity contribution in [2.24, 2.45) is 7.05 Å². The molecule has 0 aliphatic carbocycles. The Bertz CT molecular complexity index is 1080. The molecule has 0 bridgehead atoms. The van der Waals surface area contributed by atoms with E-state index in [1.54, 1.807) is 11.7 Å². The van der Waals surface area contributed by atoms with Crippen LogP contribution in [0.25, 0.3) is 11.0 Å². The van der Waals surface area contributed by atoms with E-state index >= 15 is 0 Å². The van der Waals surface area contributed by atoms with Gasteiger partial charge in [-0.05, 0) is 30.3 Å². The second kappa shape index (κ2) is 6.12. The monoisotopic (exact) mass is 332 g/mol. The van der Waals surface area contributed by atoms with E-state index in [0.29, 0.717) is 17.0 Å². The first kappa shape index (κ1) is 14.9. The van der Waals surface area contributed by atoms with E-state index < -0.39 is 0 Å². The van der Waals surface area contributed by atoms with Crippen LogP contribution in [0.15, 0.2) is 65.6 Å². The molecule has 3 N–H and O–H groups in total. The molecule has 0 radical (unpaired) electrons. The number of benzene rings is 2. The van der Waals surface area contributed by atoms with Crippen molar-refractivity contribution >= 4 is 34.0 Å². The summed E-state index contributed by atoms with van der Waals surface area (Å²) in [5.41, 5.74) is 3.05. The molecular weight excluding hydrogens is 316 g/mol. The van der Waals surface area contributed by atoms with Crippen molar-refractivity contribution in [3.63, 3.8) is 0 Å². The van der Waals surface area contributed by atoms with E-state index in [1.165, 1.54) is 6.20 Å². The van der Waals surface area contributed by atoms with E-state index in [-0.39, 0.29) is 5.56 Å². The fourth-order valence-corrected chi connectivity index (χ4v) is 2.59. The van der Waals surface area contributed by atoms with Crippen molar-refractivity contribution in [2.45, 2.75) is 0 Å². The van der Waals surface area contributed by atoms with Crippen molar-refractivity contribution in [1.82, 2.24) is 19.7 Å². The van der Waals surface area contributed by atoms with Gasteiger partial charge in [-0.25, -0.2) is 0 Å². The van der Waals surface area contributed by atoms with Crippen LogP contribution in [-0.4, -0.2) is 19.7 Å². The van der Waals surface area contributed by atoms with Gasteiger partial charge in [0.2, 0.25) is 5.95 Å². The van der Waals surface area contributed by atoms with Gasteiger partial charge in [-0.3, -0.25) is 14.5 Å². The fraction of sp³-hybridized carbons (Fsp3) is 0.0556. The third kappa shape index (κ3) is 3.07. The third-order valence-electron chi connectivity index (χ3n) is 3.79. The number of aromatic nitrogens is 4. The van der Waals surface area contributed by atoms with Crippen molar-refractivity contribution in [3.8, 4) is 0 Å². The SMILES string of the molecule is Cn1ncc2c(=O)[nH]c(Nc3cccc(Nc4ccccc4)c3)nc21. The molecule has 0 aliphatic heterocycles. The van der Waals surface area contributed by atoms with Gasteiger partial charge in [0.15, 0.2) is 5.65 Å². The summed E-state index contributed by atoms with van der Waals surface area (Å²) in [6, 6.07) is 17.7. The van der Waals surface area contributed by atoms with Crippen LogP contribution in [0.2, 0.25) is 0 Å². The maximum absolute atomic E-state index is 12.1. The third-order valence-corrected chi connectivity index (χ3v) is 3.79. The second-order valence-corrected chi connectivity index (χ2v) is 5.62. The van der Waals surface area contributed by atoms with Gasteiger partial charge >= 0.3 is 0 Å². The average molecular weight is 332 g/mol. The van der Waals surface area contributed by atoms with Crippen molar-refractivity contribution < 1.29 is 0 Å². The van der Waals surface area contributed by atoms with Crippen LogP contribution in [0.3, 0.4) is 0 Å². The predicted molar refractivity (Wildman–Crippen MR) is 98.6 cm³/mol. The van der Waals surface area contributed by atoms with E-state index in [9.17, 15) is 4.79 Å². The number of hydrogen-bond donors (Lipinski definition) is 3. The first-order valence-electron chi connectivity index (χ1n) is 7.80.